The van der Waals surface area contributed by atoms with E-state index in [0.717, 1.165) is 29.4 Å². The Kier molecular flexibility index (Phi) is 4.91. The standard InChI is InChI=1S/C17H16N2O4S2/c1-3-8-18-11-7-5-4-6-10(11)13(15(18)21)14-16(22)19(17(24)25-14)9-12(20)23-2/h4-7H,3,8-9H2,1-2H3/b14-13-. The summed E-state index contributed by atoms with van der Waals surface area (Å²) in [4.78, 5) is 40.3. The minimum absolute atomic E-state index is 0.207. The molecule has 1 aromatic carbocycles. The first-order chi connectivity index (χ1) is 12.0. The zero-order valence-electron chi connectivity index (χ0n) is 13.8. The van der Waals surface area contributed by atoms with Crippen molar-refractivity contribution in [1.82, 2.24) is 4.90 Å². The van der Waals surface area contributed by atoms with Crippen molar-refractivity contribution in [3.05, 3.63) is 34.7 Å². The molecule has 8 heteroatoms. The van der Waals surface area contributed by atoms with Gasteiger partial charge in [0.2, 0.25) is 0 Å². The fourth-order valence-electron chi connectivity index (χ4n) is 2.82. The summed E-state index contributed by atoms with van der Waals surface area (Å²) in [5.74, 6) is -1.20. The quantitative estimate of drug-likeness (QED) is 0.456. The summed E-state index contributed by atoms with van der Waals surface area (Å²) in [6.45, 7) is 2.30. The van der Waals surface area contributed by atoms with E-state index in [1.54, 1.807) is 4.90 Å². The number of thiocarbonyl (C=S) groups is 1. The minimum Gasteiger partial charge on any atom is -0.468 e. The average molecular weight is 376 g/mol. The Bertz CT molecular complexity index is 819. The van der Waals surface area contributed by atoms with Gasteiger partial charge in [-0.2, -0.15) is 0 Å². The second-order valence-electron chi connectivity index (χ2n) is 5.51. The molecule has 2 amide bonds. The molecular formula is C17H16N2O4S2. The number of rotatable bonds is 4. The van der Waals surface area contributed by atoms with E-state index in [2.05, 4.69) is 4.74 Å². The SMILES string of the molecule is CCCN1C(=O)/C(=C2\SC(=S)N(CC(=O)OC)C2=O)c2ccccc21. The predicted molar refractivity (Wildman–Crippen MR) is 99.9 cm³/mol. The smallest absolute Gasteiger partial charge is 0.325 e. The molecule has 0 spiro atoms. The van der Waals surface area contributed by atoms with Crippen molar-refractivity contribution in [2.24, 2.45) is 0 Å². The van der Waals surface area contributed by atoms with Crippen LogP contribution in [0, 0.1) is 0 Å². The number of hydrogen-bond acceptors (Lipinski definition) is 6. The molecular weight excluding hydrogens is 360 g/mol. The second-order valence-corrected chi connectivity index (χ2v) is 7.16. The first kappa shape index (κ1) is 17.6. The van der Waals surface area contributed by atoms with Crippen LogP contribution in [0.3, 0.4) is 0 Å². The van der Waals surface area contributed by atoms with Gasteiger partial charge in [0.15, 0.2) is 0 Å². The Hall–Kier alpha value is -2.19. The van der Waals surface area contributed by atoms with Crippen molar-refractivity contribution in [2.75, 3.05) is 25.1 Å². The maximum absolute atomic E-state index is 12.9. The van der Waals surface area contributed by atoms with Crippen molar-refractivity contribution < 1.29 is 19.1 Å². The zero-order valence-corrected chi connectivity index (χ0v) is 15.4. The molecule has 2 aliphatic rings. The number of thioether (sulfide) groups is 1. The van der Waals surface area contributed by atoms with Crippen LogP contribution in [-0.4, -0.2) is 47.2 Å². The molecule has 0 radical (unpaired) electrons. The third-order valence-electron chi connectivity index (χ3n) is 3.96. The largest absolute Gasteiger partial charge is 0.468 e. The van der Waals surface area contributed by atoms with Gasteiger partial charge in [0, 0.05) is 12.1 Å². The zero-order chi connectivity index (χ0) is 18.1. The van der Waals surface area contributed by atoms with Crippen molar-refractivity contribution in [2.45, 2.75) is 13.3 Å². The number of ether oxygens (including phenoxy) is 1. The number of hydrogen-bond donors (Lipinski definition) is 0. The lowest BCUT2D eigenvalue weighted by Gasteiger charge is -2.15. The maximum Gasteiger partial charge on any atom is 0.325 e. The van der Waals surface area contributed by atoms with Gasteiger partial charge in [0.1, 0.15) is 10.9 Å². The number of fused-ring (bicyclic) bond motifs is 1. The third-order valence-corrected chi connectivity index (χ3v) is 5.41. The van der Waals surface area contributed by atoms with Gasteiger partial charge in [0.25, 0.3) is 11.8 Å². The van der Waals surface area contributed by atoms with Crippen LogP contribution in [0.1, 0.15) is 18.9 Å². The van der Waals surface area contributed by atoms with Crippen molar-refractivity contribution >= 4 is 57.3 Å². The lowest BCUT2D eigenvalue weighted by molar-refractivity contribution is -0.143. The summed E-state index contributed by atoms with van der Waals surface area (Å²) in [7, 11) is 1.25. The molecule has 1 fully saturated rings. The lowest BCUT2D eigenvalue weighted by Crippen LogP contribution is -2.34. The lowest BCUT2D eigenvalue weighted by atomic mass is 10.1. The number of para-hydroxylation sites is 1. The predicted octanol–water partition coefficient (Wildman–Crippen LogP) is 2.19. The summed E-state index contributed by atoms with van der Waals surface area (Å²) in [6, 6.07) is 7.38. The highest BCUT2D eigenvalue weighted by Gasteiger charge is 2.42. The maximum atomic E-state index is 12.9. The second kappa shape index (κ2) is 6.97. The van der Waals surface area contributed by atoms with Gasteiger partial charge in [-0.25, -0.2) is 0 Å². The molecule has 0 unspecified atom stereocenters. The Labute approximate surface area is 154 Å². The minimum atomic E-state index is -0.562. The molecule has 0 atom stereocenters. The van der Waals surface area contributed by atoms with Crippen molar-refractivity contribution in [3.63, 3.8) is 0 Å². The van der Waals surface area contributed by atoms with E-state index in [9.17, 15) is 14.4 Å². The van der Waals surface area contributed by atoms with Gasteiger partial charge >= 0.3 is 5.97 Å². The molecule has 1 aromatic rings. The monoisotopic (exact) mass is 376 g/mol. The van der Waals surface area contributed by atoms with Crippen LogP contribution in [0.4, 0.5) is 5.69 Å². The van der Waals surface area contributed by atoms with Gasteiger partial charge in [-0.05, 0) is 12.5 Å². The molecule has 2 aliphatic heterocycles. The molecule has 2 heterocycles. The van der Waals surface area contributed by atoms with Crippen LogP contribution in [0.5, 0.6) is 0 Å². The molecule has 3 rings (SSSR count). The molecule has 6 nitrogen and oxygen atoms in total. The van der Waals surface area contributed by atoms with Crippen LogP contribution in [-0.2, 0) is 19.1 Å². The number of anilines is 1. The summed E-state index contributed by atoms with van der Waals surface area (Å²) in [5, 5.41) is 0. The number of carbonyl (C=O) groups is 3. The summed E-state index contributed by atoms with van der Waals surface area (Å²) in [5.41, 5.74) is 1.87. The third kappa shape index (κ3) is 2.96. The number of carbonyl (C=O) groups excluding carboxylic acids is 3. The number of benzene rings is 1. The van der Waals surface area contributed by atoms with Gasteiger partial charge < -0.3 is 9.64 Å². The fourth-order valence-corrected chi connectivity index (χ4v) is 4.15. The molecule has 0 aliphatic carbocycles. The highest BCUT2D eigenvalue weighted by Crippen LogP contribution is 2.44. The Morgan fingerprint density at radius 1 is 1.20 bits per heavy atom. The Morgan fingerprint density at radius 3 is 2.60 bits per heavy atom. The number of nitrogens with zero attached hydrogens (tertiary/aromatic N) is 2. The van der Waals surface area contributed by atoms with Gasteiger partial charge in [-0.1, -0.05) is 49.1 Å². The average Bonchev–Trinajstić information content (AvgIpc) is 3.03. The highest BCUT2D eigenvalue weighted by molar-refractivity contribution is 8.26. The molecule has 0 saturated carbocycles. The fraction of sp³-hybridized carbons (Fsp3) is 0.294. The first-order valence-corrected chi connectivity index (χ1v) is 8.98. The van der Waals surface area contributed by atoms with Gasteiger partial charge in [0.05, 0.1) is 23.3 Å². The van der Waals surface area contributed by atoms with E-state index in [-0.39, 0.29) is 21.7 Å². The normalized spacial score (nSPS) is 19.7. The van der Waals surface area contributed by atoms with E-state index >= 15 is 0 Å². The molecule has 25 heavy (non-hydrogen) atoms. The Morgan fingerprint density at radius 2 is 1.92 bits per heavy atom. The summed E-state index contributed by atoms with van der Waals surface area (Å²) >= 11 is 6.27. The van der Waals surface area contributed by atoms with E-state index in [0.29, 0.717) is 12.1 Å². The van der Waals surface area contributed by atoms with E-state index in [1.807, 2.05) is 31.2 Å². The molecule has 130 valence electrons. The van der Waals surface area contributed by atoms with Crippen LogP contribution in [0.25, 0.3) is 5.57 Å². The molecule has 0 N–H and O–H groups in total. The Balaban J connectivity index is 2.05. The van der Waals surface area contributed by atoms with E-state index < -0.39 is 11.9 Å². The van der Waals surface area contributed by atoms with Gasteiger partial charge in [-0.3, -0.25) is 19.3 Å². The number of amides is 2. The molecule has 0 aromatic heterocycles. The van der Waals surface area contributed by atoms with E-state index in [4.69, 9.17) is 12.2 Å². The van der Waals surface area contributed by atoms with Crippen LogP contribution < -0.4 is 4.90 Å². The molecule has 1 saturated heterocycles. The van der Waals surface area contributed by atoms with Crippen molar-refractivity contribution in [3.8, 4) is 0 Å². The van der Waals surface area contributed by atoms with Crippen LogP contribution >= 0.6 is 24.0 Å². The van der Waals surface area contributed by atoms with Gasteiger partial charge in [-0.15, -0.1) is 0 Å². The highest BCUT2D eigenvalue weighted by atomic mass is 32.2. The summed E-state index contributed by atoms with van der Waals surface area (Å²) < 4.78 is 4.85. The molecule has 0 bridgehead atoms. The van der Waals surface area contributed by atoms with Crippen molar-refractivity contribution in [1.29, 1.82) is 0 Å². The van der Waals surface area contributed by atoms with Crippen LogP contribution in [0.15, 0.2) is 29.2 Å². The number of methoxy groups -OCH3 is 1. The summed E-state index contributed by atoms with van der Waals surface area (Å²) in [6.07, 6.45) is 0.802. The van der Waals surface area contributed by atoms with Crippen LogP contribution in [0.2, 0.25) is 0 Å². The topological polar surface area (TPSA) is 66.9 Å². The number of esters is 1. The van der Waals surface area contributed by atoms with E-state index in [1.165, 1.54) is 12.0 Å². The first-order valence-electron chi connectivity index (χ1n) is 7.75.